The average Bonchev–Trinajstić information content (AvgIpc) is 3.55. The molecular formula is C52H86N3O6-. The van der Waals surface area contributed by atoms with Gasteiger partial charge in [0.15, 0.2) is 0 Å². The molecule has 0 heterocycles. The number of nitrogens with one attached hydrogen (secondary N) is 2. The molecule has 2 amide bonds. The van der Waals surface area contributed by atoms with E-state index in [1.807, 2.05) is 24.3 Å². The zero-order chi connectivity index (χ0) is 44.4. The number of ether oxygens (including phenoxy) is 2. The summed E-state index contributed by atoms with van der Waals surface area (Å²) in [6.45, 7) is 12.5. The van der Waals surface area contributed by atoms with Gasteiger partial charge in [-0.05, 0) is 62.3 Å². The molecule has 1 atom stereocenters. The number of unbranched alkanes of at least 4 members (excludes halogenated alkanes) is 21. The first kappa shape index (κ1) is 53.5. The van der Waals surface area contributed by atoms with Gasteiger partial charge in [-0.3, -0.25) is 0 Å². The smallest absolute Gasteiger partial charge is 0.408 e. The van der Waals surface area contributed by atoms with E-state index in [4.69, 9.17) is 14.8 Å². The maximum Gasteiger partial charge on any atom is 0.408 e. The number of benzene rings is 2. The Balaban J connectivity index is 0.000000434. The largest absolute Gasteiger partial charge is 0.662 e. The molecule has 346 valence electrons. The second kappa shape index (κ2) is 34.0. The van der Waals surface area contributed by atoms with Gasteiger partial charge < -0.3 is 30.5 Å². The van der Waals surface area contributed by atoms with Crippen LogP contribution in [0.25, 0.3) is 16.4 Å². The molecule has 0 aliphatic heterocycles. The summed E-state index contributed by atoms with van der Waals surface area (Å²) in [6.07, 6.45) is 31.4. The second-order valence-corrected chi connectivity index (χ2v) is 18.0. The minimum Gasteiger partial charge on any atom is -0.662 e. The molecule has 3 N–H and O–H groups in total. The molecule has 0 unspecified atom stereocenters. The Labute approximate surface area is 371 Å². The monoisotopic (exact) mass is 849 g/mol. The van der Waals surface area contributed by atoms with E-state index in [9.17, 15) is 19.5 Å². The SMILES string of the molecule is CC(C)(C)OC(=O)N[C@@H](CCCCNC(=O)OCC1c2ccccc2-c2ccccc21)C(=O)O.CCCCCCCCCCCCCC[N-]CCCCCCCCCCCC. The predicted octanol–water partition coefficient (Wildman–Crippen LogP) is 14.7. The van der Waals surface area contributed by atoms with Crippen molar-refractivity contribution in [2.24, 2.45) is 0 Å². The molecule has 61 heavy (non-hydrogen) atoms. The first-order valence-corrected chi connectivity index (χ1v) is 24.5. The first-order chi connectivity index (χ1) is 29.6. The van der Waals surface area contributed by atoms with Crippen LogP contribution in [0.15, 0.2) is 48.5 Å². The van der Waals surface area contributed by atoms with E-state index in [-0.39, 0.29) is 18.9 Å². The summed E-state index contributed by atoms with van der Waals surface area (Å²) in [5.41, 5.74) is 3.92. The van der Waals surface area contributed by atoms with Crippen LogP contribution in [0.1, 0.15) is 212 Å². The molecule has 0 saturated carbocycles. The number of aliphatic carboxylic acids is 1. The Morgan fingerprint density at radius 2 is 1.03 bits per heavy atom. The third kappa shape index (κ3) is 25.8. The number of carboxylic acids is 1. The summed E-state index contributed by atoms with van der Waals surface area (Å²) in [6, 6.07) is 15.2. The number of hydrogen-bond acceptors (Lipinski definition) is 5. The topological polar surface area (TPSA) is 128 Å². The van der Waals surface area contributed by atoms with Crippen molar-refractivity contribution in [2.45, 2.75) is 213 Å². The van der Waals surface area contributed by atoms with Crippen molar-refractivity contribution in [1.82, 2.24) is 10.6 Å². The summed E-state index contributed by atoms with van der Waals surface area (Å²) in [5.74, 6) is -1.14. The van der Waals surface area contributed by atoms with E-state index < -0.39 is 29.8 Å². The molecule has 0 radical (unpaired) electrons. The molecule has 9 nitrogen and oxygen atoms in total. The van der Waals surface area contributed by atoms with Crippen LogP contribution >= 0.6 is 0 Å². The normalized spacial score (nSPS) is 12.5. The molecule has 9 heteroatoms. The number of rotatable bonds is 33. The maximum absolute atomic E-state index is 12.2. The third-order valence-corrected chi connectivity index (χ3v) is 11.4. The maximum atomic E-state index is 12.2. The quantitative estimate of drug-likeness (QED) is 0.0614. The van der Waals surface area contributed by atoms with Gasteiger partial charge in [0, 0.05) is 12.5 Å². The predicted molar refractivity (Wildman–Crippen MR) is 254 cm³/mol. The first-order valence-electron chi connectivity index (χ1n) is 24.5. The fraction of sp³-hybridized carbons (Fsp3) is 0.712. The molecule has 0 aromatic heterocycles. The van der Waals surface area contributed by atoms with Crippen molar-refractivity contribution in [2.75, 3.05) is 26.2 Å². The molecule has 0 bridgehead atoms. The van der Waals surface area contributed by atoms with Crippen LogP contribution in [0.3, 0.4) is 0 Å². The van der Waals surface area contributed by atoms with Gasteiger partial charge in [0.05, 0.1) is 0 Å². The highest BCUT2D eigenvalue weighted by Crippen LogP contribution is 2.44. The van der Waals surface area contributed by atoms with E-state index in [0.29, 0.717) is 19.4 Å². The van der Waals surface area contributed by atoms with Gasteiger partial charge in [-0.2, -0.15) is 0 Å². The Kier molecular flexibility index (Phi) is 29.8. The lowest BCUT2D eigenvalue weighted by Crippen LogP contribution is -2.43. The van der Waals surface area contributed by atoms with Gasteiger partial charge in [-0.1, -0.05) is 204 Å². The van der Waals surface area contributed by atoms with Crippen molar-refractivity contribution in [1.29, 1.82) is 0 Å². The molecule has 0 spiro atoms. The lowest BCUT2D eigenvalue weighted by atomic mass is 9.98. The molecule has 3 rings (SSSR count). The van der Waals surface area contributed by atoms with E-state index in [2.05, 4.69) is 48.7 Å². The minimum atomic E-state index is -1.13. The van der Waals surface area contributed by atoms with Crippen LogP contribution in [0.5, 0.6) is 0 Å². The molecule has 2 aromatic carbocycles. The van der Waals surface area contributed by atoms with Gasteiger partial charge >= 0.3 is 18.2 Å². The number of alkyl carbamates (subject to hydrolysis) is 2. The van der Waals surface area contributed by atoms with Crippen molar-refractivity contribution in [3.05, 3.63) is 65.0 Å². The summed E-state index contributed by atoms with van der Waals surface area (Å²) in [7, 11) is 0. The highest BCUT2D eigenvalue weighted by molar-refractivity contribution is 5.80. The van der Waals surface area contributed by atoms with Crippen LogP contribution in [0.2, 0.25) is 0 Å². The van der Waals surface area contributed by atoms with Crippen molar-refractivity contribution in [3.63, 3.8) is 0 Å². The lowest BCUT2D eigenvalue weighted by molar-refractivity contribution is -0.139. The van der Waals surface area contributed by atoms with Crippen molar-refractivity contribution in [3.8, 4) is 11.1 Å². The van der Waals surface area contributed by atoms with Crippen LogP contribution in [0, 0.1) is 0 Å². The number of carbonyl (C=O) groups is 3. The third-order valence-electron chi connectivity index (χ3n) is 11.4. The van der Waals surface area contributed by atoms with Gasteiger partial charge in [0.1, 0.15) is 18.2 Å². The van der Waals surface area contributed by atoms with E-state index in [1.165, 1.54) is 152 Å². The Morgan fingerprint density at radius 3 is 1.46 bits per heavy atom. The lowest BCUT2D eigenvalue weighted by Gasteiger charge is -2.22. The summed E-state index contributed by atoms with van der Waals surface area (Å²) < 4.78 is 10.6. The van der Waals surface area contributed by atoms with Crippen LogP contribution in [0.4, 0.5) is 9.59 Å². The molecular weight excluding hydrogens is 763 g/mol. The van der Waals surface area contributed by atoms with E-state index >= 15 is 0 Å². The number of fused-ring (bicyclic) bond motifs is 3. The van der Waals surface area contributed by atoms with E-state index in [0.717, 1.165) is 24.2 Å². The van der Waals surface area contributed by atoms with E-state index in [1.54, 1.807) is 20.8 Å². The van der Waals surface area contributed by atoms with Crippen LogP contribution < -0.4 is 10.6 Å². The summed E-state index contributed by atoms with van der Waals surface area (Å²) in [4.78, 5) is 35.4. The van der Waals surface area contributed by atoms with Crippen molar-refractivity contribution >= 4 is 18.2 Å². The van der Waals surface area contributed by atoms with Gasteiger partial charge in [0.25, 0.3) is 0 Å². The van der Waals surface area contributed by atoms with Crippen LogP contribution in [-0.2, 0) is 14.3 Å². The Bertz CT molecular complexity index is 1370. The van der Waals surface area contributed by atoms with Gasteiger partial charge in [-0.15, -0.1) is 13.1 Å². The minimum absolute atomic E-state index is 0.00611. The van der Waals surface area contributed by atoms with Gasteiger partial charge in [0.2, 0.25) is 0 Å². The molecule has 0 saturated heterocycles. The number of nitrogens with zero attached hydrogens (tertiary/aromatic N) is 1. The Hall–Kier alpha value is -3.59. The summed E-state index contributed by atoms with van der Waals surface area (Å²) in [5, 5.41) is 19.1. The number of hydrogen-bond donors (Lipinski definition) is 3. The molecule has 1 aliphatic rings. The zero-order valence-corrected chi connectivity index (χ0v) is 39.2. The number of carboxylic acid groups (broad SMARTS) is 1. The standard InChI is InChI=1S/C26H32N2O6.C26H54N/c1-26(2,3)34-25(32)28-22(23(29)30)14-8-9-15-27-24(31)33-16-21-19-12-6-4-10-17(19)18-11-5-7-13-20(18)21;1-3-5-7-9-11-13-15-16-18-20-22-24-26-27-25-23-21-19-17-14-12-10-8-6-4-2/h4-7,10-13,21-22H,8-9,14-16H2,1-3H3,(H,27,31)(H,28,32)(H,29,30);3-26H2,1-2H3/q;-1/t22-;/m0./s1. The fourth-order valence-corrected chi connectivity index (χ4v) is 7.91. The number of amides is 2. The zero-order valence-electron chi connectivity index (χ0n) is 39.2. The summed E-state index contributed by atoms with van der Waals surface area (Å²) >= 11 is 0. The fourth-order valence-electron chi connectivity index (χ4n) is 7.91. The van der Waals surface area contributed by atoms with Crippen LogP contribution in [-0.4, -0.2) is 61.1 Å². The number of carbonyl (C=O) groups excluding carboxylic acids is 2. The molecule has 1 aliphatic carbocycles. The highest BCUT2D eigenvalue weighted by Gasteiger charge is 2.29. The highest BCUT2D eigenvalue weighted by atomic mass is 16.6. The Morgan fingerprint density at radius 1 is 0.607 bits per heavy atom. The molecule has 2 aromatic rings. The molecule has 0 fully saturated rings. The second-order valence-electron chi connectivity index (χ2n) is 18.0. The average molecular weight is 849 g/mol. The van der Waals surface area contributed by atoms with Crippen molar-refractivity contribution < 1.29 is 29.0 Å². The van der Waals surface area contributed by atoms with Gasteiger partial charge in [-0.25, -0.2) is 14.4 Å².